The highest BCUT2D eigenvalue weighted by Crippen LogP contribution is 2.29. The number of carbonyl (C=O) groups is 2. The molecule has 4 aromatic rings. The third kappa shape index (κ3) is 4.62. The summed E-state index contributed by atoms with van der Waals surface area (Å²) in [6.07, 6.45) is 3.09. The summed E-state index contributed by atoms with van der Waals surface area (Å²) in [5.74, 6) is -1.92. The van der Waals surface area contributed by atoms with E-state index in [0.29, 0.717) is 28.5 Å². The summed E-state index contributed by atoms with van der Waals surface area (Å²) in [7, 11) is 0. The summed E-state index contributed by atoms with van der Waals surface area (Å²) >= 11 is 0. The number of rotatable bonds is 8. The lowest BCUT2D eigenvalue weighted by Gasteiger charge is -2.15. The topological polar surface area (TPSA) is 87.5 Å². The van der Waals surface area contributed by atoms with Crippen molar-refractivity contribution in [3.8, 4) is 11.1 Å². The maximum absolute atomic E-state index is 12.3. The number of carboxylic acid groups (broad SMARTS) is 2. The zero-order valence-corrected chi connectivity index (χ0v) is 18.4. The first kappa shape index (κ1) is 22.2. The monoisotopic (exact) mass is 439 g/mol. The van der Waals surface area contributed by atoms with Gasteiger partial charge in [-0.25, -0.2) is 9.59 Å². The molecule has 1 aromatic heterocycles. The molecule has 0 aliphatic carbocycles. The molecule has 0 atom stereocenters. The quantitative estimate of drug-likeness (QED) is 0.340. The number of carboxylic acids is 2. The van der Waals surface area contributed by atoms with Gasteiger partial charge in [-0.15, -0.1) is 0 Å². The molecule has 0 saturated carbocycles. The van der Waals surface area contributed by atoms with Gasteiger partial charge >= 0.3 is 11.9 Å². The van der Waals surface area contributed by atoms with Gasteiger partial charge in [0.05, 0.1) is 16.6 Å². The Morgan fingerprint density at radius 1 is 0.848 bits per heavy atom. The molecule has 33 heavy (non-hydrogen) atoms. The van der Waals surface area contributed by atoms with Crippen molar-refractivity contribution in [2.24, 2.45) is 0 Å². The van der Waals surface area contributed by atoms with Crippen molar-refractivity contribution < 1.29 is 19.8 Å². The molecule has 5 heteroatoms. The summed E-state index contributed by atoms with van der Waals surface area (Å²) in [6.45, 7) is 2.10. The van der Waals surface area contributed by atoms with Crippen molar-refractivity contribution in [3.05, 3.63) is 101 Å². The molecule has 0 spiro atoms. The molecule has 0 radical (unpaired) electrons. The Balaban J connectivity index is 1.76. The summed E-state index contributed by atoms with van der Waals surface area (Å²) in [5.41, 5.74) is 5.23. The summed E-state index contributed by atoms with van der Waals surface area (Å²) in [5, 5.41) is 20.2. The fourth-order valence-corrected chi connectivity index (χ4v) is 4.22. The van der Waals surface area contributed by atoms with Crippen molar-refractivity contribution in [1.82, 2.24) is 4.98 Å². The van der Waals surface area contributed by atoms with E-state index < -0.39 is 11.9 Å². The number of hydrogen-bond acceptors (Lipinski definition) is 3. The molecule has 3 aromatic carbocycles. The van der Waals surface area contributed by atoms with Gasteiger partial charge in [-0.05, 0) is 47.2 Å². The Morgan fingerprint density at radius 3 is 2.24 bits per heavy atom. The molecule has 0 unspecified atom stereocenters. The zero-order chi connectivity index (χ0) is 23.4. The molecule has 1 heterocycles. The van der Waals surface area contributed by atoms with E-state index in [-0.39, 0.29) is 5.56 Å². The van der Waals surface area contributed by atoms with E-state index in [1.807, 2.05) is 54.6 Å². The van der Waals surface area contributed by atoms with E-state index in [9.17, 15) is 19.8 Å². The van der Waals surface area contributed by atoms with Crippen molar-refractivity contribution in [2.45, 2.75) is 32.6 Å². The first-order valence-corrected chi connectivity index (χ1v) is 11.0. The largest absolute Gasteiger partial charge is 0.478 e. The number of hydrogen-bond donors (Lipinski definition) is 2. The number of benzene rings is 3. The van der Waals surface area contributed by atoms with Gasteiger partial charge in [0.2, 0.25) is 0 Å². The molecule has 0 amide bonds. The fraction of sp³-hybridized carbons (Fsp3) is 0.179. The molecule has 4 rings (SSSR count). The third-order valence-electron chi connectivity index (χ3n) is 5.86. The average Bonchev–Trinajstić information content (AvgIpc) is 2.82. The van der Waals surface area contributed by atoms with E-state index >= 15 is 0 Å². The second kappa shape index (κ2) is 9.65. The number of para-hydroxylation sites is 1. The first-order valence-electron chi connectivity index (χ1n) is 11.0. The van der Waals surface area contributed by atoms with Gasteiger partial charge in [-0.1, -0.05) is 74.0 Å². The first-order chi connectivity index (χ1) is 16.0. The van der Waals surface area contributed by atoms with Gasteiger partial charge in [0, 0.05) is 17.5 Å². The lowest BCUT2D eigenvalue weighted by atomic mass is 9.92. The summed E-state index contributed by atoms with van der Waals surface area (Å²) < 4.78 is 0. The number of aromatic carboxylic acids is 2. The van der Waals surface area contributed by atoms with Gasteiger partial charge in [0.25, 0.3) is 0 Å². The molecule has 166 valence electrons. The molecular weight excluding hydrogens is 414 g/mol. The van der Waals surface area contributed by atoms with Gasteiger partial charge in [0.15, 0.2) is 0 Å². The maximum Gasteiger partial charge on any atom is 0.336 e. The Bertz CT molecular complexity index is 1330. The number of unbranched alkanes of at least 4 members (excludes halogenated alkanes) is 1. The number of nitrogens with zero attached hydrogens (tertiary/aromatic N) is 1. The Hall–Kier alpha value is -3.99. The van der Waals surface area contributed by atoms with Crippen LogP contribution in [0.3, 0.4) is 0 Å². The third-order valence-corrected chi connectivity index (χ3v) is 5.86. The molecule has 0 aliphatic heterocycles. The van der Waals surface area contributed by atoms with Crippen LogP contribution in [0.5, 0.6) is 0 Å². The number of aromatic nitrogens is 1. The molecular formula is C28H25NO4. The molecule has 0 aliphatic rings. The van der Waals surface area contributed by atoms with Gasteiger partial charge in [-0.3, -0.25) is 4.98 Å². The molecule has 0 bridgehead atoms. The van der Waals surface area contributed by atoms with E-state index in [4.69, 9.17) is 4.98 Å². The van der Waals surface area contributed by atoms with Crippen LogP contribution in [0.25, 0.3) is 22.0 Å². The number of fused-ring (bicyclic) bond motifs is 1. The highest BCUT2D eigenvalue weighted by Gasteiger charge is 2.20. The van der Waals surface area contributed by atoms with Crippen LogP contribution >= 0.6 is 0 Å². The van der Waals surface area contributed by atoms with Crippen LogP contribution < -0.4 is 0 Å². The number of aryl methyl sites for hydroxylation is 1. The minimum absolute atomic E-state index is 0.249. The average molecular weight is 440 g/mol. The van der Waals surface area contributed by atoms with Crippen LogP contribution in [0.2, 0.25) is 0 Å². The van der Waals surface area contributed by atoms with E-state index in [2.05, 4.69) is 6.92 Å². The van der Waals surface area contributed by atoms with Crippen LogP contribution in [-0.2, 0) is 12.8 Å². The summed E-state index contributed by atoms with van der Waals surface area (Å²) in [6, 6.07) is 21.9. The van der Waals surface area contributed by atoms with Gasteiger partial charge in [0.1, 0.15) is 0 Å². The van der Waals surface area contributed by atoms with E-state index in [1.54, 1.807) is 18.2 Å². The normalized spacial score (nSPS) is 10.9. The SMILES string of the molecule is CCCCc1nc2ccccc2c(C(=O)O)c1Cc1ccc(-c2ccccc2C(=O)O)cc1. The van der Waals surface area contributed by atoms with E-state index in [1.165, 1.54) is 0 Å². The molecule has 5 nitrogen and oxygen atoms in total. The van der Waals surface area contributed by atoms with Gasteiger partial charge in [-0.2, -0.15) is 0 Å². The minimum atomic E-state index is -0.969. The predicted molar refractivity (Wildman–Crippen MR) is 129 cm³/mol. The smallest absolute Gasteiger partial charge is 0.336 e. The lowest BCUT2D eigenvalue weighted by Crippen LogP contribution is -2.10. The predicted octanol–water partition coefficient (Wildman–Crippen LogP) is 6.23. The fourth-order valence-electron chi connectivity index (χ4n) is 4.22. The van der Waals surface area contributed by atoms with Crippen LogP contribution in [0.1, 0.15) is 57.3 Å². The van der Waals surface area contributed by atoms with Crippen LogP contribution in [0.4, 0.5) is 0 Å². The van der Waals surface area contributed by atoms with Crippen LogP contribution in [0, 0.1) is 0 Å². The second-order valence-electron chi connectivity index (χ2n) is 8.06. The highest BCUT2D eigenvalue weighted by atomic mass is 16.4. The van der Waals surface area contributed by atoms with Crippen molar-refractivity contribution in [3.63, 3.8) is 0 Å². The summed E-state index contributed by atoms with van der Waals surface area (Å²) in [4.78, 5) is 28.7. The van der Waals surface area contributed by atoms with Gasteiger partial charge < -0.3 is 10.2 Å². The molecule has 0 fully saturated rings. The molecule has 2 N–H and O–H groups in total. The van der Waals surface area contributed by atoms with E-state index in [0.717, 1.165) is 41.6 Å². The Morgan fingerprint density at radius 2 is 1.55 bits per heavy atom. The highest BCUT2D eigenvalue weighted by molar-refractivity contribution is 6.04. The van der Waals surface area contributed by atoms with Crippen LogP contribution in [0.15, 0.2) is 72.8 Å². The number of pyridine rings is 1. The lowest BCUT2D eigenvalue weighted by molar-refractivity contribution is 0.0687. The molecule has 0 saturated heterocycles. The maximum atomic E-state index is 12.3. The van der Waals surface area contributed by atoms with Crippen molar-refractivity contribution in [2.75, 3.05) is 0 Å². The van der Waals surface area contributed by atoms with Crippen LogP contribution in [-0.4, -0.2) is 27.1 Å². The Kier molecular flexibility index (Phi) is 6.50. The Labute approximate surface area is 192 Å². The zero-order valence-electron chi connectivity index (χ0n) is 18.4. The minimum Gasteiger partial charge on any atom is -0.478 e. The second-order valence-corrected chi connectivity index (χ2v) is 8.06. The standard InChI is InChI=1S/C28H25NO4/c1-2-3-11-25-23(26(28(32)33)22-10-6-7-12-24(22)29-25)17-18-13-15-19(16-14-18)20-8-4-5-9-21(20)27(30)31/h4-10,12-16H,2-3,11,17H2,1H3,(H,30,31)(H,32,33). The van der Waals surface area contributed by atoms with Crippen molar-refractivity contribution >= 4 is 22.8 Å². The van der Waals surface area contributed by atoms with Crippen molar-refractivity contribution in [1.29, 1.82) is 0 Å².